The summed E-state index contributed by atoms with van der Waals surface area (Å²) in [6.07, 6.45) is 0.183. The second kappa shape index (κ2) is 15.6. The van der Waals surface area contributed by atoms with E-state index in [2.05, 4.69) is 10.3 Å². The molecule has 10 nitrogen and oxygen atoms in total. The van der Waals surface area contributed by atoms with E-state index in [1.807, 2.05) is 13.8 Å². The number of methoxy groups -OCH3 is 2. The number of benzene rings is 4. The highest BCUT2D eigenvalue weighted by atomic mass is 32.1. The smallest absolute Gasteiger partial charge is 0.359 e. The van der Waals surface area contributed by atoms with Crippen LogP contribution in [0.4, 0.5) is 13.9 Å². The topological polar surface area (TPSA) is 125 Å². The summed E-state index contributed by atoms with van der Waals surface area (Å²) >= 11 is 1.28. The first-order valence-electron chi connectivity index (χ1n) is 14.9. The summed E-state index contributed by atoms with van der Waals surface area (Å²) in [4.78, 5) is 28.1. The maximum Gasteiger partial charge on any atom is 0.359 e. The molecule has 0 saturated heterocycles. The Hall–Kier alpha value is -4.81. The normalized spacial score (nSPS) is 13.0. The fraction of sp³-hybridized carbons (Fsp3) is 0.200. The molecule has 0 aliphatic carbocycles. The number of hydrogen-bond donors (Lipinski definition) is 2. The monoisotopic (exact) mass is 710 g/mol. The van der Waals surface area contributed by atoms with Crippen molar-refractivity contribution in [1.82, 2.24) is 4.98 Å². The van der Waals surface area contributed by atoms with E-state index < -0.39 is 31.2 Å². The van der Waals surface area contributed by atoms with Crippen molar-refractivity contribution in [3.05, 3.63) is 119 Å². The Balaban J connectivity index is 1.38. The number of nitrogens with zero attached hydrogens (tertiary/aromatic N) is 1. The second-order valence-electron chi connectivity index (χ2n) is 10.9. The highest BCUT2D eigenvalue weighted by Gasteiger charge is 2.30. The molecule has 49 heavy (non-hydrogen) atoms. The van der Waals surface area contributed by atoms with Gasteiger partial charge in [0.1, 0.15) is 17.2 Å². The first-order chi connectivity index (χ1) is 23.4. The summed E-state index contributed by atoms with van der Waals surface area (Å²) in [6, 6.07) is 18.6. The second-order valence-corrected chi connectivity index (χ2v) is 13.6. The highest BCUT2D eigenvalue weighted by Crippen LogP contribution is 2.47. The summed E-state index contributed by atoms with van der Waals surface area (Å²) in [7, 11) is -1.89. The van der Waals surface area contributed by atoms with Gasteiger partial charge in [0, 0.05) is 29.6 Å². The quantitative estimate of drug-likeness (QED) is 0.110. The van der Waals surface area contributed by atoms with Gasteiger partial charge in [-0.05, 0) is 85.6 Å². The fourth-order valence-corrected chi connectivity index (χ4v) is 6.49. The van der Waals surface area contributed by atoms with E-state index >= 15 is 0 Å². The van der Waals surface area contributed by atoms with Crippen molar-refractivity contribution < 1.29 is 46.5 Å². The lowest BCUT2D eigenvalue weighted by Gasteiger charge is -2.23. The standard InChI is InChI=1S/C35H33F2N2O8PS/c1-21(2)45-26-17-24(34(40)39-35-38-13-14-49-35)18-27(20-26)46-25-7-9-28(10-8-25)48(41,42)47-33(23-6-12-32(44-4)30(37)19-23)16-22-5-11-31(43-3)29(36)15-22/h5-15,17-21,33H,16H2,1-4H3,(H,41,42)(H,38,39,40). The Morgan fingerprint density at radius 3 is 2.18 bits per heavy atom. The van der Waals surface area contributed by atoms with Crippen molar-refractivity contribution >= 4 is 35.3 Å². The number of amides is 1. The number of nitrogens with one attached hydrogen (secondary N) is 1. The zero-order chi connectivity index (χ0) is 35.1. The van der Waals surface area contributed by atoms with Crippen LogP contribution in [0.3, 0.4) is 0 Å². The number of aromatic nitrogens is 1. The maximum atomic E-state index is 14.7. The van der Waals surface area contributed by atoms with Gasteiger partial charge >= 0.3 is 7.60 Å². The van der Waals surface area contributed by atoms with Crippen LogP contribution in [0.15, 0.2) is 90.4 Å². The Labute approximate surface area is 285 Å². The van der Waals surface area contributed by atoms with Crippen LogP contribution in [0.25, 0.3) is 0 Å². The number of carbonyl (C=O) groups excluding carboxylic acids is 1. The van der Waals surface area contributed by atoms with E-state index in [1.165, 1.54) is 80.2 Å². The number of rotatable bonds is 14. The molecule has 2 unspecified atom stereocenters. The van der Waals surface area contributed by atoms with Gasteiger partial charge in [-0.25, -0.2) is 13.8 Å². The van der Waals surface area contributed by atoms with Gasteiger partial charge in [-0.2, -0.15) is 0 Å². The minimum absolute atomic E-state index is 0.0191. The zero-order valence-corrected chi connectivity index (χ0v) is 28.6. The molecule has 1 aromatic heterocycles. The highest BCUT2D eigenvalue weighted by molar-refractivity contribution is 7.61. The third-order valence-electron chi connectivity index (χ3n) is 7.02. The molecule has 14 heteroatoms. The molecule has 0 radical (unpaired) electrons. The number of ether oxygens (including phenoxy) is 4. The van der Waals surface area contributed by atoms with Crippen LogP contribution >= 0.6 is 18.9 Å². The summed E-state index contributed by atoms with van der Waals surface area (Å²) in [6.45, 7) is 3.70. The number of halogens is 2. The van der Waals surface area contributed by atoms with E-state index in [0.29, 0.717) is 22.2 Å². The van der Waals surface area contributed by atoms with Gasteiger partial charge in [-0.1, -0.05) is 12.1 Å². The van der Waals surface area contributed by atoms with Crippen LogP contribution in [0.5, 0.6) is 28.7 Å². The lowest BCUT2D eigenvalue weighted by molar-refractivity contribution is 0.102. The van der Waals surface area contributed by atoms with E-state index in [1.54, 1.807) is 29.8 Å². The molecule has 4 aromatic carbocycles. The molecule has 256 valence electrons. The Morgan fingerprint density at radius 1 is 0.898 bits per heavy atom. The predicted molar refractivity (Wildman–Crippen MR) is 182 cm³/mol. The Bertz CT molecular complexity index is 1960. The van der Waals surface area contributed by atoms with Crippen molar-refractivity contribution in [1.29, 1.82) is 0 Å². The third-order valence-corrected chi connectivity index (χ3v) is 9.20. The summed E-state index contributed by atoms with van der Waals surface area (Å²) < 4.78 is 70.4. The number of anilines is 1. The van der Waals surface area contributed by atoms with Crippen LogP contribution in [-0.4, -0.2) is 36.1 Å². The molecule has 5 rings (SSSR count). The molecular formula is C35H33F2N2O8PS. The largest absolute Gasteiger partial charge is 0.494 e. The Morgan fingerprint density at radius 2 is 1.57 bits per heavy atom. The molecule has 5 aromatic rings. The predicted octanol–water partition coefficient (Wildman–Crippen LogP) is 8.08. The lowest BCUT2D eigenvalue weighted by Crippen LogP contribution is -2.14. The Kier molecular flexibility index (Phi) is 11.3. The number of thiazole rings is 1. The molecule has 0 bridgehead atoms. The SMILES string of the molecule is COc1ccc(CC(OP(=O)(O)c2ccc(Oc3cc(OC(C)C)cc(C(=O)Nc4nccs4)c3)cc2)c2ccc(OC)c(F)c2)cc1F. The van der Waals surface area contributed by atoms with Crippen molar-refractivity contribution in [2.75, 3.05) is 19.5 Å². The van der Waals surface area contributed by atoms with Crippen LogP contribution < -0.4 is 29.6 Å². The van der Waals surface area contributed by atoms with Crippen LogP contribution in [-0.2, 0) is 15.5 Å². The van der Waals surface area contributed by atoms with Gasteiger partial charge in [0.15, 0.2) is 28.3 Å². The van der Waals surface area contributed by atoms with Gasteiger partial charge in [-0.15, -0.1) is 11.3 Å². The van der Waals surface area contributed by atoms with Crippen LogP contribution in [0.1, 0.15) is 41.4 Å². The van der Waals surface area contributed by atoms with Gasteiger partial charge in [0.2, 0.25) is 0 Å². The van der Waals surface area contributed by atoms with Crippen molar-refractivity contribution in [3.63, 3.8) is 0 Å². The molecular weight excluding hydrogens is 677 g/mol. The molecule has 0 saturated carbocycles. The van der Waals surface area contributed by atoms with Crippen LogP contribution in [0, 0.1) is 11.6 Å². The maximum absolute atomic E-state index is 14.7. The van der Waals surface area contributed by atoms with Crippen molar-refractivity contribution in [2.24, 2.45) is 0 Å². The average Bonchev–Trinajstić information content (AvgIpc) is 3.57. The van der Waals surface area contributed by atoms with Crippen LogP contribution in [0.2, 0.25) is 0 Å². The minimum Gasteiger partial charge on any atom is -0.494 e. The average molecular weight is 711 g/mol. The van der Waals surface area contributed by atoms with Gasteiger partial charge in [-0.3, -0.25) is 19.2 Å². The number of carbonyl (C=O) groups is 1. The molecule has 2 atom stereocenters. The first-order valence-corrected chi connectivity index (χ1v) is 17.4. The summed E-state index contributed by atoms with van der Waals surface area (Å²) in [5.74, 6) is -0.751. The third kappa shape index (κ3) is 9.21. The lowest BCUT2D eigenvalue weighted by atomic mass is 10.0. The molecule has 2 N–H and O–H groups in total. The van der Waals surface area contributed by atoms with Gasteiger partial charge in [0.25, 0.3) is 5.91 Å². The zero-order valence-electron chi connectivity index (χ0n) is 26.9. The first kappa shape index (κ1) is 35.5. The van der Waals surface area contributed by atoms with Crippen molar-refractivity contribution in [2.45, 2.75) is 32.5 Å². The van der Waals surface area contributed by atoms with E-state index in [9.17, 15) is 23.0 Å². The molecule has 1 heterocycles. The molecule has 0 fully saturated rings. The molecule has 0 spiro atoms. The van der Waals surface area contributed by atoms with E-state index in [4.69, 9.17) is 23.5 Å². The summed E-state index contributed by atoms with van der Waals surface area (Å²) in [5, 5.41) is 4.83. The number of hydrogen-bond acceptors (Lipinski definition) is 9. The molecule has 0 aliphatic heterocycles. The van der Waals surface area contributed by atoms with E-state index in [-0.39, 0.29) is 46.2 Å². The van der Waals surface area contributed by atoms with Gasteiger partial charge < -0.3 is 23.8 Å². The fourth-order valence-electron chi connectivity index (χ4n) is 4.78. The molecule has 1 amide bonds. The van der Waals surface area contributed by atoms with E-state index in [0.717, 1.165) is 6.07 Å². The van der Waals surface area contributed by atoms with Crippen molar-refractivity contribution in [3.8, 4) is 28.7 Å². The minimum atomic E-state index is -4.55. The van der Waals surface area contributed by atoms with Gasteiger partial charge in [0.05, 0.1) is 31.7 Å². The summed E-state index contributed by atoms with van der Waals surface area (Å²) in [5.41, 5.74) is 0.930. The molecule has 0 aliphatic rings.